The van der Waals surface area contributed by atoms with Gasteiger partial charge in [0.2, 0.25) is 0 Å². The van der Waals surface area contributed by atoms with E-state index in [4.69, 9.17) is 19.9 Å². The summed E-state index contributed by atoms with van der Waals surface area (Å²) < 4.78 is 16.6. The lowest BCUT2D eigenvalue weighted by Gasteiger charge is -2.20. The summed E-state index contributed by atoms with van der Waals surface area (Å²) in [6, 6.07) is 8.41. The Morgan fingerprint density at radius 2 is 1.92 bits per heavy atom. The molecule has 0 aliphatic carbocycles. The van der Waals surface area contributed by atoms with E-state index in [1.54, 1.807) is 37.3 Å². The van der Waals surface area contributed by atoms with E-state index < -0.39 is 18.5 Å². The fraction of sp³-hybridized carbons (Fsp3) is 0.222. The number of hydrogen-bond acceptors (Lipinski definition) is 6. The lowest BCUT2D eigenvalue weighted by molar-refractivity contribution is -0.119. The van der Waals surface area contributed by atoms with Gasteiger partial charge in [0.15, 0.2) is 18.1 Å². The van der Waals surface area contributed by atoms with Gasteiger partial charge in [0.05, 0.1) is 11.3 Å². The van der Waals surface area contributed by atoms with Crippen molar-refractivity contribution in [2.24, 2.45) is 0 Å². The highest BCUT2D eigenvalue weighted by Gasteiger charge is 2.18. The first-order valence-electron chi connectivity index (χ1n) is 7.87. The van der Waals surface area contributed by atoms with Crippen LogP contribution in [0.2, 0.25) is 0 Å². The number of amides is 1. The summed E-state index contributed by atoms with van der Waals surface area (Å²) in [6.45, 7) is 2.27. The Hall–Kier alpha value is -2.74. The number of para-hydroxylation sites is 1. The van der Waals surface area contributed by atoms with Crippen molar-refractivity contribution >= 4 is 39.2 Å². The molecule has 0 bridgehead atoms. The summed E-state index contributed by atoms with van der Waals surface area (Å²) in [6.07, 6.45) is 0. The number of benzene rings is 2. The molecule has 1 aliphatic heterocycles. The molecule has 0 fully saturated rings. The molecule has 3 rings (SSSR count). The largest absolute Gasteiger partial charge is 0.486 e. The van der Waals surface area contributed by atoms with Crippen molar-refractivity contribution in [3.63, 3.8) is 0 Å². The Morgan fingerprint density at radius 3 is 2.65 bits per heavy atom. The predicted molar refractivity (Wildman–Crippen MR) is 99.6 cm³/mol. The summed E-state index contributed by atoms with van der Waals surface area (Å²) in [5, 5.41) is 2.66. The quantitative estimate of drug-likeness (QED) is 0.582. The van der Waals surface area contributed by atoms with Crippen LogP contribution < -0.4 is 20.5 Å². The number of carbonyl (C=O) groups excluding carboxylic acids is 2. The van der Waals surface area contributed by atoms with Crippen molar-refractivity contribution in [2.45, 2.75) is 6.92 Å². The van der Waals surface area contributed by atoms with E-state index in [2.05, 4.69) is 21.2 Å². The molecule has 1 aliphatic rings. The summed E-state index contributed by atoms with van der Waals surface area (Å²) >= 11 is 3.36. The number of ether oxygens (including phenoxy) is 3. The average molecular weight is 421 g/mol. The molecule has 1 amide bonds. The molecule has 0 aromatic heterocycles. The maximum atomic E-state index is 12.1. The van der Waals surface area contributed by atoms with Gasteiger partial charge in [-0.1, -0.05) is 12.1 Å². The number of anilines is 2. The van der Waals surface area contributed by atoms with Crippen LogP contribution in [0.4, 0.5) is 11.4 Å². The van der Waals surface area contributed by atoms with Gasteiger partial charge in [-0.25, -0.2) is 4.79 Å². The third kappa shape index (κ3) is 3.91. The standard InChI is InChI=1S/C18H17BrN2O5/c1-10-3-2-4-11(17(10)20)18(23)26-9-16(22)21-13-8-15-14(7-12(13)19)24-5-6-25-15/h2-4,7-8H,5-6,9,20H2,1H3,(H,21,22). The van der Waals surface area contributed by atoms with E-state index in [0.29, 0.717) is 40.6 Å². The Labute approximate surface area is 158 Å². The maximum absolute atomic E-state index is 12.1. The fourth-order valence-corrected chi connectivity index (χ4v) is 2.84. The molecule has 7 nitrogen and oxygen atoms in total. The normalized spacial score (nSPS) is 12.4. The number of fused-ring (bicyclic) bond motifs is 1. The molecule has 8 heteroatoms. The van der Waals surface area contributed by atoms with Crippen molar-refractivity contribution in [2.75, 3.05) is 30.9 Å². The van der Waals surface area contributed by atoms with Gasteiger partial charge in [0.25, 0.3) is 5.91 Å². The third-order valence-corrected chi connectivity index (χ3v) is 4.44. The molecule has 0 unspecified atom stereocenters. The van der Waals surface area contributed by atoms with Gasteiger partial charge in [-0.05, 0) is 34.5 Å². The number of rotatable bonds is 4. The van der Waals surface area contributed by atoms with Gasteiger partial charge in [-0.3, -0.25) is 4.79 Å². The smallest absolute Gasteiger partial charge is 0.340 e. The van der Waals surface area contributed by atoms with E-state index in [9.17, 15) is 9.59 Å². The van der Waals surface area contributed by atoms with Crippen LogP contribution in [0.15, 0.2) is 34.8 Å². The SMILES string of the molecule is Cc1cccc(C(=O)OCC(=O)Nc2cc3c(cc2Br)OCCO3)c1N. The van der Waals surface area contributed by atoms with Crippen LogP contribution in [0, 0.1) is 6.92 Å². The topological polar surface area (TPSA) is 99.9 Å². The van der Waals surface area contributed by atoms with E-state index >= 15 is 0 Å². The van der Waals surface area contributed by atoms with Crippen molar-refractivity contribution in [1.29, 1.82) is 0 Å². The Balaban J connectivity index is 1.62. The van der Waals surface area contributed by atoms with Gasteiger partial charge >= 0.3 is 5.97 Å². The fourth-order valence-electron chi connectivity index (χ4n) is 2.41. The van der Waals surface area contributed by atoms with Crippen LogP contribution in [0.5, 0.6) is 11.5 Å². The lowest BCUT2D eigenvalue weighted by atomic mass is 10.1. The molecule has 0 saturated carbocycles. The minimum Gasteiger partial charge on any atom is -0.486 e. The van der Waals surface area contributed by atoms with Gasteiger partial charge in [0, 0.05) is 22.3 Å². The second-order valence-electron chi connectivity index (χ2n) is 5.64. The minimum absolute atomic E-state index is 0.235. The molecule has 0 radical (unpaired) electrons. The molecule has 26 heavy (non-hydrogen) atoms. The third-order valence-electron chi connectivity index (χ3n) is 3.78. The van der Waals surface area contributed by atoms with Crippen LogP contribution >= 0.6 is 15.9 Å². The number of halogens is 1. The van der Waals surface area contributed by atoms with Crippen LogP contribution in [-0.4, -0.2) is 31.7 Å². The van der Waals surface area contributed by atoms with E-state index in [1.165, 1.54) is 0 Å². The van der Waals surface area contributed by atoms with Gasteiger partial charge < -0.3 is 25.3 Å². The first kappa shape index (κ1) is 18.1. The summed E-state index contributed by atoms with van der Waals surface area (Å²) in [7, 11) is 0. The molecule has 2 aromatic carbocycles. The first-order valence-corrected chi connectivity index (χ1v) is 8.66. The van der Waals surface area contributed by atoms with Crippen molar-refractivity contribution in [1.82, 2.24) is 0 Å². The number of hydrogen-bond donors (Lipinski definition) is 2. The highest BCUT2D eigenvalue weighted by molar-refractivity contribution is 9.10. The molecule has 136 valence electrons. The van der Waals surface area contributed by atoms with Crippen LogP contribution in [-0.2, 0) is 9.53 Å². The van der Waals surface area contributed by atoms with Crippen molar-refractivity contribution in [3.05, 3.63) is 45.9 Å². The Bertz CT molecular complexity index is 869. The first-order chi connectivity index (χ1) is 12.5. The zero-order valence-corrected chi connectivity index (χ0v) is 15.6. The molecule has 3 N–H and O–H groups in total. The van der Waals surface area contributed by atoms with Gasteiger partial charge in [-0.15, -0.1) is 0 Å². The number of carbonyl (C=O) groups is 2. The molecular formula is C18H17BrN2O5. The molecule has 0 spiro atoms. The number of nitrogens with two attached hydrogens (primary N) is 1. The van der Waals surface area contributed by atoms with Gasteiger partial charge in [0.1, 0.15) is 13.2 Å². The molecule has 0 saturated heterocycles. The molecule has 2 aromatic rings. The van der Waals surface area contributed by atoms with E-state index in [1.807, 2.05) is 0 Å². The Kier molecular flexibility index (Phi) is 5.32. The van der Waals surface area contributed by atoms with Gasteiger partial charge in [-0.2, -0.15) is 0 Å². The van der Waals surface area contributed by atoms with Crippen LogP contribution in [0.25, 0.3) is 0 Å². The van der Waals surface area contributed by atoms with Crippen molar-refractivity contribution < 1.29 is 23.8 Å². The Morgan fingerprint density at radius 1 is 1.23 bits per heavy atom. The zero-order valence-electron chi connectivity index (χ0n) is 14.0. The number of nitrogens with one attached hydrogen (secondary N) is 1. The summed E-state index contributed by atoms with van der Waals surface area (Å²) in [5.41, 5.74) is 7.70. The minimum atomic E-state index is -0.650. The molecular weight excluding hydrogens is 404 g/mol. The van der Waals surface area contributed by atoms with Crippen LogP contribution in [0.1, 0.15) is 15.9 Å². The number of esters is 1. The highest BCUT2D eigenvalue weighted by atomic mass is 79.9. The van der Waals surface area contributed by atoms with Crippen LogP contribution in [0.3, 0.4) is 0 Å². The predicted octanol–water partition coefficient (Wildman–Crippen LogP) is 2.91. The zero-order chi connectivity index (χ0) is 18.7. The average Bonchev–Trinajstić information content (AvgIpc) is 2.62. The lowest BCUT2D eigenvalue weighted by Crippen LogP contribution is -2.22. The van der Waals surface area contributed by atoms with E-state index in [0.717, 1.165) is 5.56 Å². The second-order valence-corrected chi connectivity index (χ2v) is 6.49. The second kappa shape index (κ2) is 7.65. The number of nitrogen functional groups attached to an aromatic ring is 1. The maximum Gasteiger partial charge on any atom is 0.340 e. The van der Waals surface area contributed by atoms with E-state index in [-0.39, 0.29) is 5.56 Å². The summed E-state index contributed by atoms with van der Waals surface area (Å²) in [5.74, 6) is 0.00583. The number of aryl methyl sites for hydroxylation is 1. The monoisotopic (exact) mass is 420 g/mol. The summed E-state index contributed by atoms with van der Waals surface area (Å²) in [4.78, 5) is 24.2. The molecule has 0 atom stereocenters. The van der Waals surface area contributed by atoms with Crippen molar-refractivity contribution in [3.8, 4) is 11.5 Å². The highest BCUT2D eigenvalue weighted by Crippen LogP contribution is 2.38. The molecule has 1 heterocycles.